The highest BCUT2D eigenvalue weighted by molar-refractivity contribution is 6.05. The van der Waals surface area contributed by atoms with Crippen molar-refractivity contribution in [2.24, 2.45) is 5.10 Å². The summed E-state index contributed by atoms with van der Waals surface area (Å²) in [6, 6.07) is 23.0. The first-order valence-corrected chi connectivity index (χ1v) is 8.97. The van der Waals surface area contributed by atoms with E-state index >= 15 is 0 Å². The first-order valence-electron chi connectivity index (χ1n) is 8.97. The van der Waals surface area contributed by atoms with Gasteiger partial charge in [0.2, 0.25) is 0 Å². The van der Waals surface area contributed by atoms with Gasteiger partial charge in [0.1, 0.15) is 0 Å². The number of rotatable bonds is 4. The number of allylic oxidation sites excluding steroid dienone is 4. The van der Waals surface area contributed by atoms with E-state index in [-0.39, 0.29) is 0 Å². The van der Waals surface area contributed by atoms with Crippen molar-refractivity contribution in [1.82, 2.24) is 0 Å². The summed E-state index contributed by atoms with van der Waals surface area (Å²) in [6.07, 6.45) is 5.25. The third kappa shape index (κ3) is 3.06. The first kappa shape index (κ1) is 16.3. The fourth-order valence-corrected chi connectivity index (χ4v) is 3.49. The molecule has 0 amide bonds. The van der Waals surface area contributed by atoms with Crippen molar-refractivity contribution in [2.75, 3.05) is 5.43 Å². The quantitative estimate of drug-likeness (QED) is 0.431. The SMILES string of the molecule is CC1=CCC(c2ccc3ccccc3c2/C=N/Nc2ccccc2)=C1C. The molecule has 0 unspecified atom stereocenters. The van der Waals surface area contributed by atoms with Gasteiger partial charge in [-0.25, -0.2) is 0 Å². The second kappa shape index (κ2) is 7.01. The highest BCUT2D eigenvalue weighted by atomic mass is 15.3. The minimum Gasteiger partial charge on any atom is -0.279 e. The number of hydrogen-bond donors (Lipinski definition) is 1. The average Bonchev–Trinajstić information content (AvgIpc) is 3.01. The van der Waals surface area contributed by atoms with Crippen molar-refractivity contribution in [3.63, 3.8) is 0 Å². The molecule has 26 heavy (non-hydrogen) atoms. The zero-order valence-corrected chi connectivity index (χ0v) is 15.2. The van der Waals surface area contributed by atoms with Crippen LogP contribution in [0.25, 0.3) is 16.3 Å². The minimum atomic E-state index is 0.985. The number of anilines is 1. The van der Waals surface area contributed by atoms with Crippen LogP contribution in [0.4, 0.5) is 5.69 Å². The Morgan fingerprint density at radius 1 is 0.885 bits per heavy atom. The summed E-state index contributed by atoms with van der Waals surface area (Å²) in [5.41, 5.74) is 10.7. The largest absolute Gasteiger partial charge is 0.279 e. The molecule has 0 bridgehead atoms. The summed E-state index contributed by atoms with van der Waals surface area (Å²) in [6.45, 7) is 4.40. The van der Waals surface area contributed by atoms with Crippen molar-refractivity contribution >= 4 is 28.2 Å². The van der Waals surface area contributed by atoms with Gasteiger partial charge in [-0.05, 0) is 59.9 Å². The molecule has 0 aliphatic heterocycles. The number of nitrogens with zero attached hydrogens (tertiary/aromatic N) is 1. The number of nitrogens with one attached hydrogen (secondary N) is 1. The summed E-state index contributed by atoms with van der Waals surface area (Å²) in [5, 5.41) is 6.99. The van der Waals surface area contributed by atoms with Crippen LogP contribution in [-0.2, 0) is 0 Å². The van der Waals surface area contributed by atoms with Gasteiger partial charge in [0.05, 0.1) is 11.9 Å². The molecule has 4 rings (SSSR count). The summed E-state index contributed by atoms with van der Waals surface area (Å²) < 4.78 is 0. The van der Waals surface area contributed by atoms with Gasteiger partial charge in [-0.3, -0.25) is 5.43 Å². The van der Waals surface area contributed by atoms with Crippen molar-refractivity contribution in [2.45, 2.75) is 20.3 Å². The molecule has 3 aromatic carbocycles. The Bertz CT molecular complexity index is 1040. The van der Waals surface area contributed by atoms with E-state index in [1.54, 1.807) is 0 Å². The van der Waals surface area contributed by atoms with E-state index in [2.05, 4.69) is 66.8 Å². The molecule has 1 aliphatic carbocycles. The maximum Gasteiger partial charge on any atom is 0.0561 e. The van der Waals surface area contributed by atoms with Gasteiger partial charge in [0.25, 0.3) is 0 Å². The summed E-state index contributed by atoms with van der Waals surface area (Å²) in [4.78, 5) is 0. The standard InChI is InChI=1S/C24H22N2/c1-17-12-14-21(18(17)2)23-15-13-19-8-6-7-11-22(19)24(23)16-25-26-20-9-4-3-5-10-20/h3-13,15-16,26H,14H2,1-2H3/b25-16+. The lowest BCUT2D eigenvalue weighted by atomic mass is 9.92. The molecule has 0 heterocycles. The molecule has 3 aromatic rings. The van der Waals surface area contributed by atoms with Crippen molar-refractivity contribution in [3.8, 4) is 0 Å². The number of benzene rings is 3. The molecule has 1 N–H and O–H groups in total. The van der Waals surface area contributed by atoms with E-state index in [1.165, 1.54) is 38.6 Å². The van der Waals surface area contributed by atoms with Gasteiger partial charge >= 0.3 is 0 Å². The van der Waals surface area contributed by atoms with Crippen molar-refractivity contribution in [1.29, 1.82) is 0 Å². The van der Waals surface area contributed by atoms with Crippen molar-refractivity contribution in [3.05, 3.63) is 95.1 Å². The van der Waals surface area contributed by atoms with E-state index in [4.69, 9.17) is 0 Å². The Morgan fingerprint density at radius 2 is 1.65 bits per heavy atom. The maximum atomic E-state index is 4.52. The molecule has 0 radical (unpaired) electrons. The van der Waals surface area contributed by atoms with Crippen LogP contribution in [0.15, 0.2) is 89.1 Å². The fraction of sp³-hybridized carbons (Fsp3) is 0.125. The molecular weight excluding hydrogens is 316 g/mol. The molecular formula is C24H22N2. The molecule has 0 saturated carbocycles. The van der Waals surface area contributed by atoms with Crippen LogP contribution in [0.5, 0.6) is 0 Å². The van der Waals surface area contributed by atoms with Gasteiger partial charge in [0.15, 0.2) is 0 Å². The Morgan fingerprint density at radius 3 is 2.42 bits per heavy atom. The summed E-state index contributed by atoms with van der Waals surface area (Å²) in [7, 11) is 0. The number of para-hydroxylation sites is 1. The highest BCUT2D eigenvalue weighted by Gasteiger charge is 2.16. The van der Waals surface area contributed by atoms with E-state index in [1.807, 2.05) is 36.5 Å². The number of hydrazone groups is 1. The maximum absolute atomic E-state index is 4.52. The monoisotopic (exact) mass is 338 g/mol. The lowest BCUT2D eigenvalue weighted by Crippen LogP contribution is -1.97. The second-order valence-corrected chi connectivity index (χ2v) is 6.68. The smallest absolute Gasteiger partial charge is 0.0561 e. The van der Waals surface area contributed by atoms with Crippen LogP contribution < -0.4 is 5.43 Å². The Hall–Kier alpha value is -3.13. The Balaban J connectivity index is 1.79. The zero-order valence-electron chi connectivity index (χ0n) is 15.2. The zero-order chi connectivity index (χ0) is 17.9. The molecule has 128 valence electrons. The molecule has 2 heteroatoms. The van der Waals surface area contributed by atoms with E-state index in [9.17, 15) is 0 Å². The van der Waals surface area contributed by atoms with Crippen LogP contribution in [0, 0.1) is 0 Å². The summed E-state index contributed by atoms with van der Waals surface area (Å²) in [5.74, 6) is 0. The second-order valence-electron chi connectivity index (χ2n) is 6.68. The molecule has 2 nitrogen and oxygen atoms in total. The highest BCUT2D eigenvalue weighted by Crippen LogP contribution is 2.36. The molecule has 0 spiro atoms. The first-order chi connectivity index (χ1) is 12.7. The van der Waals surface area contributed by atoms with Crippen LogP contribution in [0.2, 0.25) is 0 Å². The number of hydrogen-bond acceptors (Lipinski definition) is 2. The lowest BCUT2D eigenvalue weighted by Gasteiger charge is -2.13. The third-order valence-electron chi connectivity index (χ3n) is 5.11. The van der Waals surface area contributed by atoms with Crippen LogP contribution in [0.1, 0.15) is 31.4 Å². The normalized spacial score (nSPS) is 14.3. The van der Waals surface area contributed by atoms with Crippen LogP contribution in [-0.4, -0.2) is 6.21 Å². The van der Waals surface area contributed by atoms with Crippen LogP contribution >= 0.6 is 0 Å². The molecule has 0 fully saturated rings. The average molecular weight is 338 g/mol. The Kier molecular flexibility index (Phi) is 4.40. The van der Waals surface area contributed by atoms with Crippen molar-refractivity contribution < 1.29 is 0 Å². The molecule has 0 saturated heterocycles. The lowest BCUT2D eigenvalue weighted by molar-refractivity contribution is 1.34. The third-order valence-corrected chi connectivity index (χ3v) is 5.11. The van der Waals surface area contributed by atoms with E-state index in [0.29, 0.717) is 0 Å². The molecule has 1 aliphatic rings. The Labute approximate surface area is 154 Å². The van der Waals surface area contributed by atoms with Gasteiger partial charge in [0, 0.05) is 5.56 Å². The molecule has 0 aromatic heterocycles. The van der Waals surface area contributed by atoms with Gasteiger partial charge in [-0.2, -0.15) is 5.10 Å². The summed E-state index contributed by atoms with van der Waals surface area (Å²) >= 11 is 0. The minimum absolute atomic E-state index is 0.985. The predicted octanol–water partition coefficient (Wildman–Crippen LogP) is 6.41. The van der Waals surface area contributed by atoms with Gasteiger partial charge in [-0.15, -0.1) is 0 Å². The molecule has 0 atom stereocenters. The van der Waals surface area contributed by atoms with E-state index < -0.39 is 0 Å². The van der Waals surface area contributed by atoms with E-state index in [0.717, 1.165) is 12.1 Å². The van der Waals surface area contributed by atoms with Gasteiger partial charge < -0.3 is 0 Å². The topological polar surface area (TPSA) is 24.4 Å². The fourth-order valence-electron chi connectivity index (χ4n) is 3.49. The van der Waals surface area contributed by atoms with Gasteiger partial charge in [-0.1, -0.05) is 66.2 Å². The predicted molar refractivity (Wildman–Crippen MR) is 113 cm³/mol. The number of fused-ring (bicyclic) bond motifs is 1. The van der Waals surface area contributed by atoms with Crippen LogP contribution in [0.3, 0.4) is 0 Å².